The summed E-state index contributed by atoms with van der Waals surface area (Å²) in [6, 6.07) is 0.148. The van der Waals surface area contributed by atoms with Gasteiger partial charge < -0.3 is 10.3 Å². The summed E-state index contributed by atoms with van der Waals surface area (Å²) in [5, 5.41) is 10.3. The summed E-state index contributed by atoms with van der Waals surface area (Å²) in [7, 11) is 0. The zero-order valence-electron chi connectivity index (χ0n) is 11.2. The molecule has 0 saturated heterocycles. The number of carbonyl (C=O) groups is 1. The molecule has 19 heavy (non-hydrogen) atoms. The van der Waals surface area contributed by atoms with Crippen LogP contribution in [0.4, 0.5) is 0 Å². The highest BCUT2D eigenvalue weighted by Gasteiger charge is 2.18. The summed E-state index contributed by atoms with van der Waals surface area (Å²) in [6.07, 6.45) is 7.92. The molecule has 1 aliphatic carbocycles. The summed E-state index contributed by atoms with van der Waals surface area (Å²) in [4.78, 5) is 26.1. The molecular weight excluding hydrogens is 244 g/mol. The molecule has 0 aromatic carbocycles. The van der Waals surface area contributed by atoms with E-state index in [-0.39, 0.29) is 11.7 Å². The Balaban J connectivity index is 2.01. The zero-order valence-corrected chi connectivity index (χ0v) is 11.2. The summed E-state index contributed by atoms with van der Waals surface area (Å²) in [6.45, 7) is 1.63. The van der Waals surface area contributed by atoms with E-state index in [0.29, 0.717) is 5.82 Å². The lowest BCUT2D eigenvalue weighted by Gasteiger charge is -2.20. The van der Waals surface area contributed by atoms with Crippen LogP contribution in [0.1, 0.15) is 61.3 Å². The molecular formula is C13H20N4O2. The molecule has 1 amide bonds. The average molecular weight is 264 g/mol. The third kappa shape index (κ3) is 3.87. The molecule has 0 atom stereocenters. The van der Waals surface area contributed by atoms with Crippen molar-refractivity contribution in [2.45, 2.75) is 57.9 Å². The lowest BCUT2D eigenvalue weighted by Crippen LogP contribution is -2.39. The number of aromatic amines is 1. The van der Waals surface area contributed by atoms with E-state index in [9.17, 15) is 9.59 Å². The highest BCUT2D eigenvalue weighted by molar-refractivity contribution is 5.91. The van der Waals surface area contributed by atoms with E-state index in [1.807, 2.05) is 0 Å². The molecule has 6 nitrogen and oxygen atoms in total. The van der Waals surface area contributed by atoms with Gasteiger partial charge >= 0.3 is 0 Å². The van der Waals surface area contributed by atoms with Crippen LogP contribution in [0.25, 0.3) is 0 Å². The van der Waals surface area contributed by atoms with Crippen molar-refractivity contribution < 1.29 is 4.79 Å². The van der Waals surface area contributed by atoms with E-state index >= 15 is 0 Å². The predicted molar refractivity (Wildman–Crippen MR) is 71.0 cm³/mol. The summed E-state index contributed by atoms with van der Waals surface area (Å²) in [5.74, 6) is -0.00757. The van der Waals surface area contributed by atoms with Crippen molar-refractivity contribution in [1.82, 2.24) is 20.5 Å². The second kappa shape index (κ2) is 6.45. The molecule has 104 valence electrons. The molecule has 2 N–H and O–H groups in total. The Hall–Kier alpha value is -1.72. The van der Waals surface area contributed by atoms with Gasteiger partial charge in [0.1, 0.15) is 5.82 Å². The highest BCUT2D eigenvalue weighted by Crippen LogP contribution is 2.17. The van der Waals surface area contributed by atoms with E-state index in [1.165, 1.54) is 19.3 Å². The van der Waals surface area contributed by atoms with Gasteiger partial charge in [-0.05, 0) is 19.8 Å². The molecule has 1 aromatic heterocycles. The van der Waals surface area contributed by atoms with Gasteiger partial charge in [0, 0.05) is 6.04 Å². The molecule has 1 fully saturated rings. The van der Waals surface area contributed by atoms with Crippen LogP contribution in [0.2, 0.25) is 0 Å². The molecule has 1 saturated carbocycles. The fourth-order valence-corrected chi connectivity index (χ4v) is 2.42. The molecule has 0 spiro atoms. The smallest absolute Gasteiger partial charge is 0.282 e. The minimum atomic E-state index is -0.476. The minimum Gasteiger partial charge on any atom is -0.348 e. The third-order valence-corrected chi connectivity index (χ3v) is 3.46. The summed E-state index contributed by atoms with van der Waals surface area (Å²) in [5.41, 5.74) is -0.622. The summed E-state index contributed by atoms with van der Waals surface area (Å²) < 4.78 is 0. The predicted octanol–water partition coefficient (Wildman–Crippen LogP) is 1.32. The maximum absolute atomic E-state index is 12.0. The second-order valence-electron chi connectivity index (χ2n) is 5.10. The fraction of sp³-hybridized carbons (Fsp3) is 0.692. The molecule has 0 bridgehead atoms. The molecule has 6 heteroatoms. The largest absolute Gasteiger partial charge is 0.348 e. The Morgan fingerprint density at radius 1 is 1.16 bits per heavy atom. The number of hydrogen-bond acceptors (Lipinski definition) is 4. The van der Waals surface area contributed by atoms with Crippen LogP contribution >= 0.6 is 0 Å². The number of nitrogens with zero attached hydrogens (tertiary/aromatic N) is 2. The van der Waals surface area contributed by atoms with Crippen LogP contribution < -0.4 is 10.9 Å². The number of H-pyrrole nitrogens is 1. The standard InChI is InChI=1S/C13H20N4O2/c1-9-14-12(18)11(17-16-9)13(19)15-10-7-5-3-2-4-6-8-10/h10H,2-8H2,1H3,(H,15,19)(H,14,16,18). The first-order valence-electron chi connectivity index (χ1n) is 6.91. The van der Waals surface area contributed by atoms with Gasteiger partial charge in [-0.1, -0.05) is 32.1 Å². The van der Waals surface area contributed by atoms with E-state index in [2.05, 4.69) is 20.5 Å². The Kier molecular flexibility index (Phi) is 4.65. The van der Waals surface area contributed by atoms with Crippen molar-refractivity contribution >= 4 is 5.91 Å². The highest BCUT2D eigenvalue weighted by atomic mass is 16.2. The third-order valence-electron chi connectivity index (χ3n) is 3.46. The second-order valence-corrected chi connectivity index (χ2v) is 5.10. The molecule has 0 unspecified atom stereocenters. The Morgan fingerprint density at radius 3 is 2.42 bits per heavy atom. The van der Waals surface area contributed by atoms with Gasteiger partial charge in [-0.15, -0.1) is 10.2 Å². The molecule has 0 aliphatic heterocycles. The van der Waals surface area contributed by atoms with Crippen LogP contribution in [-0.4, -0.2) is 27.1 Å². The van der Waals surface area contributed by atoms with Gasteiger partial charge in [0.25, 0.3) is 11.5 Å². The number of rotatable bonds is 2. The van der Waals surface area contributed by atoms with Gasteiger partial charge in [0.15, 0.2) is 0 Å². The topological polar surface area (TPSA) is 87.7 Å². The normalized spacial score (nSPS) is 17.5. The van der Waals surface area contributed by atoms with Gasteiger partial charge in [0.05, 0.1) is 0 Å². The van der Waals surface area contributed by atoms with Crippen LogP contribution in [0.3, 0.4) is 0 Å². The van der Waals surface area contributed by atoms with Crippen LogP contribution in [-0.2, 0) is 0 Å². The first-order valence-corrected chi connectivity index (χ1v) is 6.91. The Labute approximate surface area is 112 Å². The molecule has 0 radical (unpaired) electrons. The Morgan fingerprint density at radius 2 is 1.79 bits per heavy atom. The SMILES string of the molecule is Cc1nnc(C(=O)NC2CCCCCCC2)c(=O)[nH]1. The van der Waals surface area contributed by atoms with Crippen molar-refractivity contribution in [2.24, 2.45) is 0 Å². The monoisotopic (exact) mass is 264 g/mol. The number of nitrogens with one attached hydrogen (secondary N) is 2. The van der Waals surface area contributed by atoms with E-state index < -0.39 is 11.5 Å². The van der Waals surface area contributed by atoms with Gasteiger partial charge in [-0.3, -0.25) is 9.59 Å². The number of hydrogen-bond donors (Lipinski definition) is 2. The fourth-order valence-electron chi connectivity index (χ4n) is 2.42. The quantitative estimate of drug-likeness (QED) is 0.843. The van der Waals surface area contributed by atoms with Crippen molar-refractivity contribution in [1.29, 1.82) is 0 Å². The minimum absolute atomic E-state index is 0.146. The van der Waals surface area contributed by atoms with Crippen LogP contribution in [0.5, 0.6) is 0 Å². The van der Waals surface area contributed by atoms with Gasteiger partial charge in [-0.2, -0.15) is 0 Å². The molecule has 1 aliphatic rings. The molecule has 1 aromatic rings. The van der Waals surface area contributed by atoms with Crippen molar-refractivity contribution in [2.75, 3.05) is 0 Å². The van der Waals surface area contributed by atoms with E-state index in [4.69, 9.17) is 0 Å². The molecule has 2 rings (SSSR count). The van der Waals surface area contributed by atoms with Gasteiger partial charge in [0.2, 0.25) is 5.69 Å². The van der Waals surface area contributed by atoms with Crippen molar-refractivity contribution in [3.8, 4) is 0 Å². The lowest BCUT2D eigenvalue weighted by atomic mass is 9.96. The maximum Gasteiger partial charge on any atom is 0.282 e. The van der Waals surface area contributed by atoms with E-state index in [0.717, 1.165) is 25.7 Å². The maximum atomic E-state index is 12.0. The zero-order chi connectivity index (χ0) is 13.7. The first kappa shape index (κ1) is 13.7. The number of amides is 1. The van der Waals surface area contributed by atoms with Gasteiger partial charge in [-0.25, -0.2) is 0 Å². The van der Waals surface area contributed by atoms with Crippen LogP contribution in [0.15, 0.2) is 4.79 Å². The van der Waals surface area contributed by atoms with E-state index in [1.54, 1.807) is 6.92 Å². The number of aromatic nitrogens is 3. The number of carbonyl (C=O) groups excluding carboxylic acids is 1. The van der Waals surface area contributed by atoms with Crippen molar-refractivity contribution in [3.05, 3.63) is 21.9 Å². The molecule has 1 heterocycles. The lowest BCUT2D eigenvalue weighted by molar-refractivity contribution is 0.0922. The van der Waals surface area contributed by atoms with Crippen LogP contribution in [0, 0.1) is 6.92 Å². The van der Waals surface area contributed by atoms with Crippen molar-refractivity contribution in [3.63, 3.8) is 0 Å². The Bertz CT molecular complexity index is 490. The average Bonchev–Trinajstić information content (AvgIpc) is 2.32. The first-order chi connectivity index (χ1) is 9.16. The summed E-state index contributed by atoms with van der Waals surface area (Å²) >= 11 is 0. The number of aryl methyl sites for hydroxylation is 1.